The summed E-state index contributed by atoms with van der Waals surface area (Å²) in [5.74, 6) is 1.21. The monoisotopic (exact) mass is 302 g/mol. The predicted octanol–water partition coefficient (Wildman–Crippen LogP) is 3.51. The largest absolute Gasteiger partial charge is 0.357 e. The predicted molar refractivity (Wildman–Crippen MR) is 85.5 cm³/mol. The van der Waals surface area contributed by atoms with Crippen LogP contribution in [0.1, 0.15) is 5.56 Å². The number of fused-ring (bicyclic) bond motifs is 1. The molecule has 0 bridgehead atoms. The van der Waals surface area contributed by atoms with Gasteiger partial charge in [-0.1, -0.05) is 12.1 Å². The molecule has 2 heterocycles. The summed E-state index contributed by atoms with van der Waals surface area (Å²) in [5, 5.41) is 5.99. The maximum absolute atomic E-state index is 13.3. The molecule has 108 valence electrons. The molecule has 0 radical (unpaired) electrons. The smallest absolute Gasteiger partial charge is 0.225 e. The van der Waals surface area contributed by atoms with Crippen LogP contribution in [0.2, 0.25) is 0 Å². The minimum atomic E-state index is -0.222. The second kappa shape index (κ2) is 5.65. The quantitative estimate of drug-likeness (QED) is 0.801. The van der Waals surface area contributed by atoms with Gasteiger partial charge in [-0.2, -0.15) is 4.98 Å². The molecule has 0 unspecified atom stereocenters. The Kier molecular flexibility index (Phi) is 3.70. The average Bonchev–Trinajstić information content (AvgIpc) is 2.94. The van der Waals surface area contributed by atoms with Crippen LogP contribution in [0.25, 0.3) is 10.2 Å². The molecule has 0 aliphatic carbocycles. The number of hydrogen-bond acceptors (Lipinski definition) is 5. The Labute approximate surface area is 126 Å². The first kappa shape index (κ1) is 13.8. The first-order valence-electron chi connectivity index (χ1n) is 6.56. The van der Waals surface area contributed by atoms with E-state index in [4.69, 9.17) is 0 Å². The molecule has 1 N–H and O–H groups in total. The van der Waals surface area contributed by atoms with Gasteiger partial charge in [0, 0.05) is 20.6 Å². The molecule has 6 heteroatoms. The third-order valence-electron chi connectivity index (χ3n) is 3.20. The van der Waals surface area contributed by atoms with E-state index in [1.54, 1.807) is 30.5 Å². The number of halogens is 1. The number of nitrogens with zero attached hydrogens (tertiary/aromatic N) is 3. The SMILES string of the molecule is CNc1nc(N(C)Cc2cccc(F)c2)c2ccsc2n1. The number of hydrogen-bond donors (Lipinski definition) is 1. The highest BCUT2D eigenvalue weighted by Crippen LogP contribution is 2.29. The molecule has 0 aliphatic heterocycles. The second-order valence-electron chi connectivity index (χ2n) is 4.75. The maximum Gasteiger partial charge on any atom is 0.225 e. The van der Waals surface area contributed by atoms with Crippen LogP contribution in [0, 0.1) is 5.82 Å². The van der Waals surface area contributed by atoms with E-state index in [1.807, 2.05) is 29.5 Å². The molecule has 1 aromatic carbocycles. The van der Waals surface area contributed by atoms with Gasteiger partial charge in [-0.15, -0.1) is 11.3 Å². The highest BCUT2D eigenvalue weighted by atomic mass is 32.1. The third-order valence-corrected chi connectivity index (χ3v) is 4.01. The van der Waals surface area contributed by atoms with Crippen molar-refractivity contribution in [2.75, 3.05) is 24.3 Å². The highest BCUT2D eigenvalue weighted by molar-refractivity contribution is 7.16. The van der Waals surface area contributed by atoms with Crippen LogP contribution in [-0.2, 0) is 6.54 Å². The van der Waals surface area contributed by atoms with E-state index in [1.165, 1.54) is 6.07 Å². The van der Waals surface area contributed by atoms with Crippen molar-refractivity contribution in [1.82, 2.24) is 9.97 Å². The Hall–Kier alpha value is -2.21. The summed E-state index contributed by atoms with van der Waals surface area (Å²) >= 11 is 1.58. The molecule has 2 aromatic heterocycles. The summed E-state index contributed by atoms with van der Waals surface area (Å²) in [7, 11) is 3.74. The summed E-state index contributed by atoms with van der Waals surface area (Å²) in [6.07, 6.45) is 0. The number of aromatic nitrogens is 2. The van der Waals surface area contributed by atoms with E-state index in [-0.39, 0.29) is 5.82 Å². The fraction of sp³-hybridized carbons (Fsp3) is 0.200. The number of rotatable bonds is 4. The van der Waals surface area contributed by atoms with Crippen LogP contribution in [0.5, 0.6) is 0 Å². The van der Waals surface area contributed by atoms with Crippen molar-refractivity contribution >= 4 is 33.3 Å². The second-order valence-corrected chi connectivity index (χ2v) is 5.64. The first-order valence-corrected chi connectivity index (χ1v) is 7.44. The summed E-state index contributed by atoms with van der Waals surface area (Å²) in [6.45, 7) is 0.586. The number of nitrogens with one attached hydrogen (secondary N) is 1. The van der Waals surface area contributed by atoms with Crippen molar-refractivity contribution < 1.29 is 4.39 Å². The van der Waals surface area contributed by atoms with Gasteiger partial charge in [0.2, 0.25) is 5.95 Å². The van der Waals surface area contributed by atoms with Gasteiger partial charge in [0.25, 0.3) is 0 Å². The van der Waals surface area contributed by atoms with Crippen molar-refractivity contribution in [3.8, 4) is 0 Å². The molecule has 0 fully saturated rings. The van der Waals surface area contributed by atoms with Gasteiger partial charge in [-0.25, -0.2) is 9.37 Å². The molecule has 0 amide bonds. The highest BCUT2D eigenvalue weighted by Gasteiger charge is 2.12. The van der Waals surface area contributed by atoms with Gasteiger partial charge in [-0.05, 0) is 29.1 Å². The van der Waals surface area contributed by atoms with Gasteiger partial charge in [-0.3, -0.25) is 0 Å². The molecule has 0 spiro atoms. The zero-order chi connectivity index (χ0) is 14.8. The Bertz CT molecular complexity index is 771. The summed E-state index contributed by atoms with van der Waals surface area (Å²) < 4.78 is 13.3. The Morgan fingerprint density at radius 3 is 2.90 bits per heavy atom. The molecule has 3 aromatic rings. The Morgan fingerprint density at radius 1 is 1.29 bits per heavy atom. The summed E-state index contributed by atoms with van der Waals surface area (Å²) in [4.78, 5) is 11.9. The normalized spacial score (nSPS) is 10.8. The van der Waals surface area contributed by atoms with Crippen molar-refractivity contribution in [2.24, 2.45) is 0 Å². The van der Waals surface area contributed by atoms with Crippen LogP contribution in [0.15, 0.2) is 35.7 Å². The van der Waals surface area contributed by atoms with Gasteiger partial charge >= 0.3 is 0 Å². The minimum absolute atomic E-state index is 0.222. The standard InChI is InChI=1S/C15H15FN4S/c1-17-15-18-13(12-6-7-21-14(12)19-15)20(2)9-10-4-3-5-11(16)8-10/h3-8H,9H2,1-2H3,(H,17,18,19). The average molecular weight is 302 g/mol. The molecule has 4 nitrogen and oxygen atoms in total. The van der Waals surface area contributed by atoms with Gasteiger partial charge in [0.15, 0.2) is 0 Å². The molecule has 3 rings (SSSR count). The molecule has 0 atom stereocenters. The van der Waals surface area contributed by atoms with Crippen LogP contribution >= 0.6 is 11.3 Å². The lowest BCUT2D eigenvalue weighted by Crippen LogP contribution is -2.18. The van der Waals surface area contributed by atoms with Crippen LogP contribution in [-0.4, -0.2) is 24.1 Å². The lowest BCUT2D eigenvalue weighted by atomic mass is 10.2. The summed E-state index contributed by atoms with van der Waals surface area (Å²) in [5.41, 5.74) is 0.908. The topological polar surface area (TPSA) is 41.1 Å². The minimum Gasteiger partial charge on any atom is -0.357 e. The lowest BCUT2D eigenvalue weighted by Gasteiger charge is -2.19. The maximum atomic E-state index is 13.3. The van der Waals surface area contributed by atoms with Crippen molar-refractivity contribution in [2.45, 2.75) is 6.54 Å². The Balaban J connectivity index is 1.97. The zero-order valence-electron chi connectivity index (χ0n) is 11.8. The zero-order valence-corrected chi connectivity index (χ0v) is 12.6. The molecule has 0 aliphatic rings. The molecular formula is C15H15FN4S. The van der Waals surface area contributed by atoms with E-state index in [2.05, 4.69) is 15.3 Å². The van der Waals surface area contributed by atoms with Gasteiger partial charge in [0.05, 0.1) is 5.39 Å². The molecule has 0 saturated carbocycles. The van der Waals surface area contributed by atoms with Crippen molar-refractivity contribution in [1.29, 1.82) is 0 Å². The van der Waals surface area contributed by atoms with E-state index in [0.717, 1.165) is 21.6 Å². The van der Waals surface area contributed by atoms with Crippen LogP contribution in [0.4, 0.5) is 16.2 Å². The van der Waals surface area contributed by atoms with E-state index in [0.29, 0.717) is 12.5 Å². The van der Waals surface area contributed by atoms with Crippen LogP contribution in [0.3, 0.4) is 0 Å². The first-order chi connectivity index (χ1) is 10.2. The summed E-state index contributed by atoms with van der Waals surface area (Å²) in [6, 6.07) is 8.63. The number of benzene rings is 1. The van der Waals surface area contributed by atoms with E-state index < -0.39 is 0 Å². The third kappa shape index (κ3) is 2.80. The molecular weight excluding hydrogens is 287 g/mol. The van der Waals surface area contributed by atoms with Gasteiger partial charge in [0.1, 0.15) is 16.5 Å². The van der Waals surface area contributed by atoms with Crippen LogP contribution < -0.4 is 10.2 Å². The van der Waals surface area contributed by atoms with Crippen molar-refractivity contribution in [3.05, 3.63) is 47.1 Å². The number of thiophene rings is 1. The fourth-order valence-corrected chi connectivity index (χ4v) is 2.99. The molecule has 0 saturated heterocycles. The number of anilines is 2. The fourth-order valence-electron chi connectivity index (χ4n) is 2.23. The molecule has 21 heavy (non-hydrogen) atoms. The Morgan fingerprint density at radius 2 is 2.14 bits per heavy atom. The van der Waals surface area contributed by atoms with Gasteiger partial charge < -0.3 is 10.2 Å². The van der Waals surface area contributed by atoms with Crippen molar-refractivity contribution in [3.63, 3.8) is 0 Å². The lowest BCUT2D eigenvalue weighted by molar-refractivity contribution is 0.625. The van der Waals surface area contributed by atoms with E-state index in [9.17, 15) is 4.39 Å². The van der Waals surface area contributed by atoms with E-state index >= 15 is 0 Å².